The smallest absolute Gasteiger partial charge is 0.242 e. The molecular formula is C22H25N3O4S. The van der Waals surface area contributed by atoms with Gasteiger partial charge >= 0.3 is 0 Å². The van der Waals surface area contributed by atoms with Gasteiger partial charge in [0.05, 0.1) is 0 Å². The summed E-state index contributed by atoms with van der Waals surface area (Å²) in [5, 5.41) is 5.34. The number of amides is 1. The van der Waals surface area contributed by atoms with Crippen LogP contribution < -0.4 is 5.32 Å². The topological polar surface area (TPSA) is 102 Å². The highest BCUT2D eigenvalue weighted by molar-refractivity contribution is 7.92. The molecule has 1 heterocycles. The van der Waals surface area contributed by atoms with E-state index in [0.29, 0.717) is 12.4 Å². The maximum absolute atomic E-state index is 12.7. The number of nitrogens with zero attached hydrogens (tertiary/aromatic N) is 2. The highest BCUT2D eigenvalue weighted by Gasteiger charge is 2.30. The van der Waals surface area contributed by atoms with Crippen molar-refractivity contribution in [3.63, 3.8) is 0 Å². The van der Waals surface area contributed by atoms with Crippen molar-refractivity contribution in [1.82, 2.24) is 15.5 Å². The average molecular weight is 428 g/mol. The first kappa shape index (κ1) is 21.7. The number of carbonyl (C=O) groups excluding carboxylic acids is 1. The van der Waals surface area contributed by atoms with Crippen molar-refractivity contribution in [3.8, 4) is 11.4 Å². The summed E-state index contributed by atoms with van der Waals surface area (Å²) in [6.45, 7) is 5.65. The van der Waals surface area contributed by atoms with Crippen LogP contribution in [0.15, 0.2) is 59.1 Å². The second-order valence-electron chi connectivity index (χ2n) is 7.38. The number of hydrogen-bond donors (Lipinski definition) is 1. The molecule has 0 aliphatic heterocycles. The summed E-state index contributed by atoms with van der Waals surface area (Å²) in [6.07, 6.45) is 0. The third kappa shape index (κ3) is 5.33. The van der Waals surface area contributed by atoms with Gasteiger partial charge in [0.2, 0.25) is 17.6 Å². The van der Waals surface area contributed by atoms with Gasteiger partial charge in [0.15, 0.2) is 9.84 Å². The molecule has 8 heteroatoms. The molecule has 3 aromatic rings. The molecule has 0 aliphatic rings. The van der Waals surface area contributed by atoms with Gasteiger partial charge in [-0.1, -0.05) is 72.2 Å². The molecular weight excluding hydrogens is 402 g/mol. The van der Waals surface area contributed by atoms with Gasteiger partial charge in [0, 0.05) is 12.1 Å². The summed E-state index contributed by atoms with van der Waals surface area (Å²) in [6, 6.07) is 17.2. The number of aryl methyl sites for hydroxylation is 1. The Morgan fingerprint density at radius 3 is 2.40 bits per heavy atom. The largest absolute Gasteiger partial charge is 0.354 e. The first-order chi connectivity index (χ1) is 14.3. The molecule has 0 fully saturated rings. The molecule has 1 aromatic heterocycles. The van der Waals surface area contributed by atoms with Gasteiger partial charge in [-0.2, -0.15) is 4.98 Å². The van der Waals surface area contributed by atoms with E-state index in [1.165, 1.54) is 6.92 Å². The molecule has 0 spiro atoms. The summed E-state index contributed by atoms with van der Waals surface area (Å²) in [4.78, 5) is 16.6. The van der Waals surface area contributed by atoms with E-state index in [0.717, 1.165) is 16.7 Å². The number of rotatable bonds is 8. The van der Waals surface area contributed by atoms with E-state index in [-0.39, 0.29) is 11.8 Å². The molecule has 0 radical (unpaired) electrons. The number of sulfone groups is 1. The van der Waals surface area contributed by atoms with Crippen LogP contribution in [-0.2, 0) is 20.4 Å². The van der Waals surface area contributed by atoms with E-state index in [4.69, 9.17) is 4.52 Å². The minimum absolute atomic E-state index is 0.0390. The van der Waals surface area contributed by atoms with Crippen LogP contribution in [0.4, 0.5) is 0 Å². The summed E-state index contributed by atoms with van der Waals surface area (Å²) >= 11 is 0. The second-order valence-corrected chi connectivity index (χ2v) is 9.71. The van der Waals surface area contributed by atoms with Crippen molar-refractivity contribution in [2.24, 2.45) is 0 Å². The Morgan fingerprint density at radius 1 is 1.07 bits per heavy atom. The van der Waals surface area contributed by atoms with Crippen LogP contribution in [0.1, 0.15) is 36.8 Å². The Bertz CT molecular complexity index is 1090. The Labute approximate surface area is 176 Å². The summed E-state index contributed by atoms with van der Waals surface area (Å²) in [5.74, 6) is -0.694. The van der Waals surface area contributed by atoms with Crippen LogP contribution >= 0.6 is 0 Å². The second kappa shape index (κ2) is 9.21. The lowest BCUT2D eigenvalue weighted by Crippen LogP contribution is -2.40. The van der Waals surface area contributed by atoms with E-state index < -0.39 is 26.7 Å². The third-order valence-corrected chi connectivity index (χ3v) is 6.90. The zero-order valence-electron chi connectivity index (χ0n) is 17.2. The molecule has 0 bridgehead atoms. The van der Waals surface area contributed by atoms with Gasteiger partial charge in [0.1, 0.15) is 11.0 Å². The number of carbonyl (C=O) groups is 1. The molecule has 0 saturated carbocycles. The Kier molecular flexibility index (Phi) is 6.66. The molecule has 0 aliphatic carbocycles. The molecule has 7 nitrogen and oxygen atoms in total. The molecule has 2 aromatic carbocycles. The van der Waals surface area contributed by atoms with Crippen LogP contribution in [0.25, 0.3) is 11.4 Å². The van der Waals surface area contributed by atoms with Crippen LogP contribution in [0.3, 0.4) is 0 Å². The van der Waals surface area contributed by atoms with Crippen LogP contribution in [0.2, 0.25) is 0 Å². The Morgan fingerprint density at radius 2 is 1.73 bits per heavy atom. The summed E-state index contributed by atoms with van der Waals surface area (Å²) in [5.41, 5.74) is 2.89. The zero-order chi connectivity index (χ0) is 21.7. The number of nitrogens with one attached hydrogen (secondary N) is 1. The third-order valence-electron chi connectivity index (χ3n) is 4.96. The van der Waals surface area contributed by atoms with Gasteiger partial charge in [-0.3, -0.25) is 4.79 Å². The van der Waals surface area contributed by atoms with Gasteiger partial charge in [0.25, 0.3) is 0 Å². The predicted molar refractivity (Wildman–Crippen MR) is 114 cm³/mol. The normalized spacial score (nSPS) is 13.6. The first-order valence-corrected chi connectivity index (χ1v) is 11.4. The first-order valence-electron chi connectivity index (χ1n) is 9.70. The van der Waals surface area contributed by atoms with Gasteiger partial charge in [-0.15, -0.1) is 0 Å². The summed E-state index contributed by atoms with van der Waals surface area (Å²) < 4.78 is 30.4. The quantitative estimate of drug-likeness (QED) is 0.592. The molecule has 1 amide bonds. The van der Waals surface area contributed by atoms with Crippen LogP contribution in [0, 0.1) is 6.92 Å². The fraction of sp³-hybridized carbons (Fsp3) is 0.318. The van der Waals surface area contributed by atoms with E-state index in [2.05, 4.69) is 15.5 Å². The van der Waals surface area contributed by atoms with Crippen molar-refractivity contribution >= 4 is 15.7 Å². The molecule has 3 rings (SSSR count). The zero-order valence-corrected chi connectivity index (χ0v) is 18.0. The number of aromatic nitrogens is 2. The fourth-order valence-corrected chi connectivity index (χ4v) is 4.01. The maximum atomic E-state index is 12.7. The lowest BCUT2D eigenvalue weighted by Gasteiger charge is -2.16. The molecule has 2 atom stereocenters. The molecule has 158 valence electrons. The van der Waals surface area contributed by atoms with Gasteiger partial charge < -0.3 is 9.84 Å². The average Bonchev–Trinajstić information content (AvgIpc) is 3.20. The van der Waals surface area contributed by atoms with E-state index in [1.807, 2.05) is 68.4 Å². The van der Waals surface area contributed by atoms with Crippen molar-refractivity contribution in [2.45, 2.75) is 37.7 Å². The molecule has 30 heavy (non-hydrogen) atoms. The monoisotopic (exact) mass is 427 g/mol. The minimum atomic E-state index is -3.81. The van der Waals surface area contributed by atoms with Crippen LogP contribution in [0.5, 0.6) is 0 Å². The van der Waals surface area contributed by atoms with Crippen molar-refractivity contribution in [2.75, 3.05) is 6.54 Å². The molecule has 0 unspecified atom stereocenters. The predicted octanol–water partition coefficient (Wildman–Crippen LogP) is 3.27. The maximum Gasteiger partial charge on any atom is 0.242 e. The number of benzene rings is 2. The van der Waals surface area contributed by atoms with Gasteiger partial charge in [-0.05, 0) is 25.3 Å². The lowest BCUT2D eigenvalue weighted by atomic mass is 10.0. The van der Waals surface area contributed by atoms with E-state index >= 15 is 0 Å². The highest BCUT2D eigenvalue weighted by atomic mass is 32.2. The molecule has 0 saturated heterocycles. The Balaban J connectivity index is 1.60. The van der Waals surface area contributed by atoms with Crippen molar-refractivity contribution < 1.29 is 17.7 Å². The van der Waals surface area contributed by atoms with E-state index in [9.17, 15) is 13.2 Å². The highest BCUT2D eigenvalue weighted by Crippen LogP contribution is 2.19. The lowest BCUT2D eigenvalue weighted by molar-refractivity contribution is -0.120. The Hall–Kier alpha value is -3.00. The van der Waals surface area contributed by atoms with Crippen molar-refractivity contribution in [3.05, 3.63) is 71.6 Å². The van der Waals surface area contributed by atoms with E-state index in [1.54, 1.807) is 0 Å². The SMILES string of the molecule is Cc1ccc(-c2noc(CS(=O)(=O)[C@@H](C)C(=O)NC[C@@H](C)c3ccccc3)n2)cc1. The van der Waals surface area contributed by atoms with Crippen LogP contribution in [-0.4, -0.2) is 36.3 Å². The molecule has 1 N–H and O–H groups in total. The number of hydrogen-bond acceptors (Lipinski definition) is 6. The summed E-state index contributed by atoms with van der Waals surface area (Å²) in [7, 11) is -3.81. The van der Waals surface area contributed by atoms with Crippen molar-refractivity contribution in [1.29, 1.82) is 0 Å². The minimum Gasteiger partial charge on any atom is -0.354 e. The standard InChI is InChI=1S/C22H25N3O4S/c1-15-9-11-19(12-10-15)21-24-20(29-25-21)14-30(27,28)17(3)22(26)23-13-16(2)18-7-5-4-6-8-18/h4-12,16-17H,13-14H2,1-3H3,(H,23,26)/t16-,17+/m1/s1. The van der Waals surface area contributed by atoms with Gasteiger partial charge in [-0.25, -0.2) is 8.42 Å². The fourth-order valence-electron chi connectivity index (χ4n) is 2.89.